The van der Waals surface area contributed by atoms with Crippen molar-refractivity contribution in [2.24, 2.45) is 0 Å². The van der Waals surface area contributed by atoms with Crippen LogP contribution in [0.15, 0.2) is 206 Å². The summed E-state index contributed by atoms with van der Waals surface area (Å²) < 4.78 is 49.2. The van der Waals surface area contributed by atoms with Gasteiger partial charge in [-0.1, -0.05) is 152 Å². The van der Waals surface area contributed by atoms with Crippen molar-refractivity contribution in [3.05, 3.63) is 223 Å². The van der Waals surface area contributed by atoms with E-state index in [-0.39, 0.29) is 22.8 Å². The Balaban J connectivity index is 1.32. The monoisotopic (exact) mass is 897 g/mol. The zero-order chi connectivity index (χ0) is 47.1. The highest BCUT2D eigenvalue weighted by atomic mass is 19.4. The molecular formula is C59H34F3N7. The molecule has 69 heavy (non-hydrogen) atoms. The summed E-state index contributed by atoms with van der Waals surface area (Å²) in [7, 11) is 0. The summed E-state index contributed by atoms with van der Waals surface area (Å²) in [4.78, 5) is 20.5. The SMILES string of the molecule is N#Cc1cc(C#N)cc(-c2ccc3c4ccccc4n(-c4c(-c5nc(-c6ccccc6)cc(-c6ccccc6)n5)cc(C(F)(F)F)cc4-c4nc(-c5ccccc5)cc(-c5ccccc5)n4)c3c2)c1. The number of para-hydroxylation sites is 1. The molecule has 0 aliphatic carbocycles. The lowest BCUT2D eigenvalue weighted by molar-refractivity contribution is -0.137. The molecule has 11 rings (SSSR count). The molecule has 0 fully saturated rings. The molecule has 0 unspecified atom stereocenters. The van der Waals surface area contributed by atoms with Crippen LogP contribution in [0.4, 0.5) is 13.2 Å². The Bertz CT molecular complexity index is 3540. The van der Waals surface area contributed by atoms with E-state index >= 15 is 13.2 Å². The van der Waals surface area contributed by atoms with Crippen LogP contribution in [0.25, 0.3) is 106 Å². The molecule has 10 heteroatoms. The van der Waals surface area contributed by atoms with Crippen LogP contribution < -0.4 is 0 Å². The van der Waals surface area contributed by atoms with E-state index in [0.29, 0.717) is 61.8 Å². The average Bonchev–Trinajstić information content (AvgIpc) is 3.74. The molecule has 0 saturated heterocycles. The number of rotatable bonds is 8. The molecular weight excluding hydrogens is 864 g/mol. The van der Waals surface area contributed by atoms with Gasteiger partial charge in [-0.05, 0) is 65.7 Å². The topological polar surface area (TPSA) is 104 Å². The van der Waals surface area contributed by atoms with Gasteiger partial charge in [0.15, 0.2) is 11.6 Å². The molecule has 0 spiro atoms. The zero-order valence-electron chi connectivity index (χ0n) is 36.4. The molecule has 0 bridgehead atoms. The minimum atomic E-state index is -4.83. The average molecular weight is 898 g/mol. The maximum atomic E-state index is 15.8. The number of benzene rings is 8. The van der Waals surface area contributed by atoms with E-state index in [1.165, 1.54) is 6.07 Å². The van der Waals surface area contributed by atoms with Crippen LogP contribution in [-0.2, 0) is 6.18 Å². The molecule has 3 aromatic heterocycles. The molecule has 0 N–H and O–H groups in total. The Kier molecular flexibility index (Phi) is 10.6. The van der Waals surface area contributed by atoms with Crippen LogP contribution in [0.3, 0.4) is 0 Å². The van der Waals surface area contributed by atoms with Gasteiger partial charge in [0.25, 0.3) is 0 Å². The third-order valence-corrected chi connectivity index (χ3v) is 12.1. The summed E-state index contributed by atoms with van der Waals surface area (Å²) in [5.41, 5.74) is 7.77. The van der Waals surface area contributed by atoms with Gasteiger partial charge in [-0.15, -0.1) is 0 Å². The zero-order valence-corrected chi connectivity index (χ0v) is 36.4. The minimum Gasteiger partial charge on any atom is -0.308 e. The molecule has 0 radical (unpaired) electrons. The van der Waals surface area contributed by atoms with Crippen molar-refractivity contribution in [3.8, 4) is 96.8 Å². The van der Waals surface area contributed by atoms with Crippen LogP contribution >= 0.6 is 0 Å². The lowest BCUT2D eigenvalue weighted by Crippen LogP contribution is -2.11. The Morgan fingerprint density at radius 2 is 0.783 bits per heavy atom. The predicted octanol–water partition coefficient (Wildman–Crippen LogP) is 14.8. The van der Waals surface area contributed by atoms with Crippen molar-refractivity contribution in [2.45, 2.75) is 6.18 Å². The van der Waals surface area contributed by atoms with Gasteiger partial charge in [-0.2, -0.15) is 23.7 Å². The van der Waals surface area contributed by atoms with E-state index in [4.69, 9.17) is 19.9 Å². The van der Waals surface area contributed by atoms with Gasteiger partial charge in [-0.25, -0.2) is 19.9 Å². The molecule has 8 aromatic carbocycles. The summed E-state index contributed by atoms with van der Waals surface area (Å²) >= 11 is 0. The third kappa shape index (κ3) is 8.03. The highest BCUT2D eigenvalue weighted by Crippen LogP contribution is 2.45. The Labute approximate surface area is 394 Å². The van der Waals surface area contributed by atoms with Gasteiger partial charge < -0.3 is 4.57 Å². The van der Waals surface area contributed by atoms with Gasteiger partial charge in [0.1, 0.15) is 0 Å². The molecule has 0 saturated carbocycles. The number of alkyl halides is 3. The van der Waals surface area contributed by atoms with Crippen molar-refractivity contribution < 1.29 is 13.2 Å². The Morgan fingerprint density at radius 3 is 1.20 bits per heavy atom. The number of hydrogen-bond acceptors (Lipinski definition) is 6. The lowest BCUT2D eigenvalue weighted by Gasteiger charge is -2.21. The largest absolute Gasteiger partial charge is 0.416 e. The summed E-state index contributed by atoms with van der Waals surface area (Å²) in [5.74, 6) is 0.0880. The van der Waals surface area contributed by atoms with Gasteiger partial charge >= 0.3 is 6.18 Å². The van der Waals surface area contributed by atoms with E-state index in [0.717, 1.165) is 45.2 Å². The summed E-state index contributed by atoms with van der Waals surface area (Å²) in [5, 5.41) is 21.5. The quantitative estimate of drug-likeness (QED) is 0.150. The van der Waals surface area contributed by atoms with Crippen molar-refractivity contribution in [2.75, 3.05) is 0 Å². The molecule has 0 amide bonds. The van der Waals surface area contributed by atoms with E-state index < -0.39 is 11.7 Å². The number of nitrogens with zero attached hydrogens (tertiary/aromatic N) is 7. The fourth-order valence-electron chi connectivity index (χ4n) is 8.86. The van der Waals surface area contributed by atoms with Crippen LogP contribution in [0.5, 0.6) is 0 Å². The van der Waals surface area contributed by atoms with Crippen molar-refractivity contribution >= 4 is 21.8 Å². The van der Waals surface area contributed by atoms with E-state index in [1.54, 1.807) is 12.1 Å². The second-order valence-corrected chi connectivity index (χ2v) is 16.4. The lowest BCUT2D eigenvalue weighted by atomic mass is 9.98. The van der Waals surface area contributed by atoms with E-state index in [9.17, 15) is 10.5 Å². The van der Waals surface area contributed by atoms with Crippen molar-refractivity contribution in [1.29, 1.82) is 10.5 Å². The summed E-state index contributed by atoms with van der Waals surface area (Å²) in [6.07, 6.45) is -4.83. The van der Waals surface area contributed by atoms with Crippen LogP contribution in [0, 0.1) is 22.7 Å². The molecule has 326 valence electrons. The smallest absolute Gasteiger partial charge is 0.308 e. The molecule has 3 heterocycles. The fraction of sp³-hybridized carbons (Fsp3) is 0.0169. The molecule has 7 nitrogen and oxygen atoms in total. The second kappa shape index (κ2) is 17.4. The number of hydrogen-bond donors (Lipinski definition) is 0. The van der Waals surface area contributed by atoms with Crippen LogP contribution in [0.1, 0.15) is 16.7 Å². The first-order valence-electron chi connectivity index (χ1n) is 22.0. The molecule has 11 aromatic rings. The first kappa shape index (κ1) is 42.1. The highest BCUT2D eigenvalue weighted by molar-refractivity contribution is 6.11. The van der Waals surface area contributed by atoms with E-state index in [2.05, 4.69) is 12.1 Å². The molecule has 0 atom stereocenters. The van der Waals surface area contributed by atoms with Crippen LogP contribution in [-0.4, -0.2) is 24.5 Å². The van der Waals surface area contributed by atoms with Gasteiger partial charge in [0.05, 0.1) is 68.3 Å². The standard InChI is InChI=1S/C59H34F3N7/c60-59(61,62)45-31-48(57-65-50(39-15-5-1-6-16-39)33-51(66-57)40-17-7-2-8-18-40)56(49(32-45)58-67-52(41-19-9-3-10-20-41)34-53(68-58)42-21-11-4-12-22-42)69-54-24-14-13-23-46(54)47-26-25-43(30-55(47)69)44-28-37(35-63)27-38(29-44)36-64/h1-34H. The maximum Gasteiger partial charge on any atom is 0.416 e. The molecule has 0 aliphatic rings. The summed E-state index contributed by atoms with van der Waals surface area (Å²) in [6, 6.07) is 66.6. The van der Waals surface area contributed by atoms with Crippen molar-refractivity contribution in [3.63, 3.8) is 0 Å². The Morgan fingerprint density at radius 1 is 0.377 bits per heavy atom. The number of nitriles is 2. The van der Waals surface area contributed by atoms with Gasteiger partial charge in [-0.3, -0.25) is 0 Å². The first-order chi connectivity index (χ1) is 33.7. The van der Waals surface area contributed by atoms with Gasteiger partial charge in [0, 0.05) is 44.2 Å². The minimum absolute atomic E-state index is 0.0440. The van der Waals surface area contributed by atoms with E-state index in [1.807, 2.05) is 180 Å². The first-order valence-corrected chi connectivity index (χ1v) is 22.0. The highest BCUT2D eigenvalue weighted by Gasteiger charge is 2.35. The van der Waals surface area contributed by atoms with Crippen molar-refractivity contribution in [1.82, 2.24) is 24.5 Å². The predicted molar refractivity (Wildman–Crippen MR) is 264 cm³/mol. The maximum absolute atomic E-state index is 15.8. The second-order valence-electron chi connectivity index (χ2n) is 16.4. The number of aromatic nitrogens is 5. The summed E-state index contributed by atoms with van der Waals surface area (Å²) in [6.45, 7) is 0. The Hall–Kier alpha value is -9.51. The van der Waals surface area contributed by atoms with Gasteiger partial charge in [0.2, 0.25) is 0 Å². The number of fused-ring (bicyclic) bond motifs is 3. The number of halogens is 3. The fourth-order valence-corrected chi connectivity index (χ4v) is 8.86. The van der Waals surface area contributed by atoms with Crippen LogP contribution in [0.2, 0.25) is 0 Å². The third-order valence-electron chi connectivity index (χ3n) is 12.1. The molecule has 0 aliphatic heterocycles. The normalized spacial score (nSPS) is 11.4.